The van der Waals surface area contributed by atoms with Gasteiger partial charge in [0.05, 0.1) is 17.6 Å². The average molecular weight is 328 g/mol. The summed E-state index contributed by atoms with van der Waals surface area (Å²) < 4.78 is 1.78. The summed E-state index contributed by atoms with van der Waals surface area (Å²) in [4.78, 5) is 12.7. The maximum Gasteiger partial charge on any atom is 0.163 e. The molecule has 1 atom stereocenters. The third-order valence-electron chi connectivity index (χ3n) is 4.45. The Kier molecular flexibility index (Phi) is 3.97. The maximum atomic E-state index is 4.41. The van der Waals surface area contributed by atoms with Crippen molar-refractivity contribution >= 4 is 28.2 Å². The van der Waals surface area contributed by atoms with Crippen molar-refractivity contribution in [2.45, 2.75) is 18.9 Å². The summed E-state index contributed by atoms with van der Waals surface area (Å²) in [5.41, 5.74) is 0.858. The van der Waals surface area contributed by atoms with Gasteiger partial charge in [0.2, 0.25) is 0 Å². The van der Waals surface area contributed by atoms with Crippen molar-refractivity contribution in [3.05, 3.63) is 34.9 Å². The lowest BCUT2D eigenvalue weighted by Gasteiger charge is -2.27. The van der Waals surface area contributed by atoms with E-state index in [9.17, 15) is 0 Å². The van der Waals surface area contributed by atoms with Gasteiger partial charge < -0.3 is 5.32 Å². The van der Waals surface area contributed by atoms with E-state index in [4.69, 9.17) is 0 Å². The molecule has 0 radical (unpaired) electrons. The van der Waals surface area contributed by atoms with Crippen LogP contribution in [-0.2, 0) is 7.05 Å². The van der Waals surface area contributed by atoms with Gasteiger partial charge in [-0.15, -0.1) is 11.3 Å². The number of nitrogens with one attached hydrogen (secondary N) is 1. The topological polar surface area (TPSA) is 58.9 Å². The molecule has 0 saturated carbocycles. The molecule has 0 aromatic carbocycles. The van der Waals surface area contributed by atoms with Crippen LogP contribution in [0.3, 0.4) is 0 Å². The van der Waals surface area contributed by atoms with Gasteiger partial charge in [-0.2, -0.15) is 5.10 Å². The van der Waals surface area contributed by atoms with Crippen LogP contribution >= 0.6 is 11.3 Å². The van der Waals surface area contributed by atoms with Crippen LogP contribution in [0.15, 0.2) is 30.0 Å². The summed E-state index contributed by atoms with van der Waals surface area (Å²) in [6.07, 6.45) is 6.01. The summed E-state index contributed by atoms with van der Waals surface area (Å²) in [5, 5.41) is 10.9. The second kappa shape index (κ2) is 6.25. The van der Waals surface area contributed by atoms with Gasteiger partial charge in [0, 0.05) is 18.5 Å². The Bertz CT molecular complexity index is 775. The van der Waals surface area contributed by atoms with Crippen LogP contribution < -0.4 is 5.32 Å². The van der Waals surface area contributed by atoms with Crippen molar-refractivity contribution in [3.8, 4) is 0 Å². The molecular weight excluding hydrogens is 308 g/mol. The fourth-order valence-electron chi connectivity index (χ4n) is 3.24. The zero-order valence-electron chi connectivity index (χ0n) is 13.1. The van der Waals surface area contributed by atoms with Crippen molar-refractivity contribution < 1.29 is 0 Å². The molecule has 1 N–H and O–H groups in total. The largest absolute Gasteiger partial charge is 0.367 e. The predicted molar refractivity (Wildman–Crippen MR) is 92.7 cm³/mol. The van der Waals surface area contributed by atoms with Gasteiger partial charge >= 0.3 is 0 Å². The fourth-order valence-corrected chi connectivity index (χ4v) is 4.10. The molecule has 120 valence electrons. The maximum absolute atomic E-state index is 4.41. The van der Waals surface area contributed by atoms with E-state index in [-0.39, 0.29) is 0 Å². The molecular formula is C16H20N6S. The molecule has 3 aromatic rings. The highest BCUT2D eigenvalue weighted by Crippen LogP contribution is 2.29. The van der Waals surface area contributed by atoms with Gasteiger partial charge in [0.15, 0.2) is 5.65 Å². The highest BCUT2D eigenvalue weighted by Gasteiger charge is 2.24. The number of hydrogen-bond acceptors (Lipinski definition) is 6. The fraction of sp³-hybridized carbons (Fsp3) is 0.438. The van der Waals surface area contributed by atoms with E-state index in [1.54, 1.807) is 11.0 Å². The van der Waals surface area contributed by atoms with Crippen molar-refractivity contribution in [2.24, 2.45) is 7.05 Å². The smallest absolute Gasteiger partial charge is 0.163 e. The summed E-state index contributed by atoms with van der Waals surface area (Å²) in [7, 11) is 1.90. The molecule has 0 spiro atoms. The molecule has 1 fully saturated rings. The normalized spacial score (nSPS) is 16.9. The third-order valence-corrected chi connectivity index (χ3v) is 5.42. The molecule has 4 rings (SSSR count). The Labute approximate surface area is 139 Å². The zero-order valence-corrected chi connectivity index (χ0v) is 14.0. The summed E-state index contributed by atoms with van der Waals surface area (Å²) in [6, 6.07) is 4.77. The SMILES string of the molecule is Cn1ncc2c(NCC(c3cccs3)N3CCCC3)ncnc21. The Morgan fingerprint density at radius 2 is 2.17 bits per heavy atom. The zero-order chi connectivity index (χ0) is 15.6. The lowest BCUT2D eigenvalue weighted by Crippen LogP contribution is -2.30. The molecule has 6 nitrogen and oxygen atoms in total. The molecule has 1 saturated heterocycles. The Hall–Kier alpha value is -1.99. The van der Waals surface area contributed by atoms with E-state index < -0.39 is 0 Å². The summed E-state index contributed by atoms with van der Waals surface area (Å²) in [5.74, 6) is 0.865. The first-order valence-corrected chi connectivity index (χ1v) is 8.85. The van der Waals surface area contributed by atoms with E-state index in [2.05, 4.69) is 42.8 Å². The van der Waals surface area contributed by atoms with Crippen molar-refractivity contribution in [1.82, 2.24) is 24.6 Å². The van der Waals surface area contributed by atoms with E-state index >= 15 is 0 Å². The lowest BCUT2D eigenvalue weighted by molar-refractivity contribution is 0.259. The number of aromatic nitrogens is 4. The van der Waals surface area contributed by atoms with Crippen LogP contribution in [0.5, 0.6) is 0 Å². The van der Waals surface area contributed by atoms with Crippen LogP contribution in [-0.4, -0.2) is 44.3 Å². The lowest BCUT2D eigenvalue weighted by atomic mass is 10.2. The number of hydrogen-bond donors (Lipinski definition) is 1. The molecule has 7 heteroatoms. The number of likely N-dealkylation sites (tertiary alicyclic amines) is 1. The molecule has 0 aliphatic carbocycles. The van der Waals surface area contributed by atoms with Crippen LogP contribution in [0, 0.1) is 0 Å². The standard InChI is InChI=1S/C16H20N6S/c1-21-16-12(9-20-21)15(18-11-19-16)17-10-13(14-5-4-8-23-14)22-6-2-3-7-22/h4-5,8-9,11,13H,2-3,6-7,10H2,1H3,(H,17,18,19). The highest BCUT2D eigenvalue weighted by molar-refractivity contribution is 7.10. The van der Waals surface area contributed by atoms with Crippen molar-refractivity contribution in [2.75, 3.05) is 25.0 Å². The Morgan fingerprint density at radius 3 is 2.96 bits per heavy atom. The van der Waals surface area contributed by atoms with E-state index in [0.29, 0.717) is 6.04 Å². The van der Waals surface area contributed by atoms with Crippen LogP contribution in [0.25, 0.3) is 11.0 Å². The number of anilines is 1. The quantitative estimate of drug-likeness (QED) is 0.780. The molecule has 1 aliphatic heterocycles. The molecule has 3 aromatic heterocycles. The number of nitrogens with zero attached hydrogens (tertiary/aromatic N) is 5. The number of rotatable bonds is 5. The first-order valence-electron chi connectivity index (χ1n) is 7.97. The molecule has 0 amide bonds. The van der Waals surface area contributed by atoms with E-state index in [1.165, 1.54) is 30.8 Å². The number of thiophene rings is 1. The first-order chi connectivity index (χ1) is 11.3. The second-order valence-electron chi connectivity index (χ2n) is 5.88. The second-order valence-corrected chi connectivity index (χ2v) is 6.86. The molecule has 1 aliphatic rings. The van der Waals surface area contributed by atoms with Gasteiger partial charge in [-0.05, 0) is 37.4 Å². The third kappa shape index (κ3) is 2.82. The van der Waals surface area contributed by atoms with E-state index in [0.717, 1.165) is 23.4 Å². The van der Waals surface area contributed by atoms with Gasteiger partial charge in [0.1, 0.15) is 12.1 Å². The van der Waals surface area contributed by atoms with Crippen molar-refractivity contribution in [3.63, 3.8) is 0 Å². The molecule has 0 bridgehead atoms. The van der Waals surface area contributed by atoms with Gasteiger partial charge in [-0.1, -0.05) is 6.07 Å². The minimum atomic E-state index is 0.402. The first kappa shape index (κ1) is 14.6. The molecule has 23 heavy (non-hydrogen) atoms. The number of fused-ring (bicyclic) bond motifs is 1. The Balaban J connectivity index is 1.57. The number of aryl methyl sites for hydroxylation is 1. The molecule has 4 heterocycles. The Morgan fingerprint density at radius 1 is 1.30 bits per heavy atom. The van der Waals surface area contributed by atoms with Gasteiger partial charge in [0.25, 0.3) is 0 Å². The summed E-state index contributed by atoms with van der Waals surface area (Å²) >= 11 is 1.83. The van der Waals surface area contributed by atoms with Gasteiger partial charge in [-0.3, -0.25) is 9.58 Å². The highest BCUT2D eigenvalue weighted by atomic mass is 32.1. The van der Waals surface area contributed by atoms with Crippen molar-refractivity contribution in [1.29, 1.82) is 0 Å². The average Bonchev–Trinajstić information content (AvgIpc) is 3.31. The van der Waals surface area contributed by atoms with E-state index in [1.807, 2.05) is 24.6 Å². The van der Waals surface area contributed by atoms with Crippen LogP contribution in [0.1, 0.15) is 23.8 Å². The van der Waals surface area contributed by atoms with Gasteiger partial charge in [-0.25, -0.2) is 9.97 Å². The van der Waals surface area contributed by atoms with Crippen LogP contribution in [0.4, 0.5) is 5.82 Å². The monoisotopic (exact) mass is 328 g/mol. The molecule has 1 unspecified atom stereocenters. The van der Waals surface area contributed by atoms with Crippen LogP contribution in [0.2, 0.25) is 0 Å². The minimum absolute atomic E-state index is 0.402. The minimum Gasteiger partial charge on any atom is -0.367 e. The summed E-state index contributed by atoms with van der Waals surface area (Å²) in [6.45, 7) is 3.20. The predicted octanol–water partition coefficient (Wildman–Crippen LogP) is 2.67.